The first-order valence-corrected chi connectivity index (χ1v) is 10.1. The minimum absolute atomic E-state index is 0.130. The molecule has 0 heterocycles. The fourth-order valence-electron chi connectivity index (χ4n) is 1.92. The topological polar surface area (TPSA) is 107 Å². The van der Waals surface area contributed by atoms with Gasteiger partial charge in [0.15, 0.2) is 4.90 Å². The van der Waals surface area contributed by atoms with Gasteiger partial charge in [-0.1, -0.05) is 28.1 Å². The van der Waals surface area contributed by atoms with Gasteiger partial charge in [-0.25, -0.2) is 17.5 Å². The number of nitrogens with zero attached hydrogens (tertiary/aromatic N) is 2. The van der Waals surface area contributed by atoms with Crippen LogP contribution in [-0.4, -0.2) is 41.2 Å². The summed E-state index contributed by atoms with van der Waals surface area (Å²) in [7, 11) is -4.43. The van der Waals surface area contributed by atoms with Crippen LogP contribution in [0.5, 0.6) is 0 Å². The highest BCUT2D eigenvalue weighted by Crippen LogP contribution is 2.27. The zero-order chi connectivity index (χ0) is 19.3. The third kappa shape index (κ3) is 5.96. The fourth-order valence-corrected chi connectivity index (χ4v) is 3.81. The lowest BCUT2D eigenvalue weighted by atomic mass is 10.2. The summed E-state index contributed by atoms with van der Waals surface area (Å²) < 4.78 is 31.5. The molecule has 0 radical (unpaired) electrons. The Morgan fingerprint density at radius 3 is 2.40 bits per heavy atom. The molecule has 0 aliphatic heterocycles. The highest BCUT2D eigenvalue weighted by Gasteiger charge is 2.36. The molecule has 8 nitrogen and oxygen atoms in total. The SMILES string of the molecule is CC(C)(C)OC(=O)N(CCCCBr)S(=O)(=O)c1ccccc1[N+](=O)[O-]. The van der Waals surface area contributed by atoms with E-state index in [1.54, 1.807) is 20.8 Å². The van der Waals surface area contributed by atoms with Gasteiger partial charge in [-0.15, -0.1) is 0 Å². The molecule has 140 valence electrons. The molecule has 0 unspecified atom stereocenters. The third-order valence-corrected chi connectivity index (χ3v) is 5.35. The van der Waals surface area contributed by atoms with Crippen molar-refractivity contribution in [1.82, 2.24) is 4.31 Å². The molecule has 0 aromatic heterocycles. The van der Waals surface area contributed by atoms with Gasteiger partial charge < -0.3 is 4.74 Å². The number of nitro groups is 1. The molecule has 1 aromatic carbocycles. The van der Waals surface area contributed by atoms with Crippen LogP contribution in [0.4, 0.5) is 10.5 Å². The molecule has 0 N–H and O–H groups in total. The Balaban J connectivity index is 3.32. The van der Waals surface area contributed by atoms with Gasteiger partial charge in [-0.2, -0.15) is 0 Å². The minimum Gasteiger partial charge on any atom is -0.443 e. The molecule has 25 heavy (non-hydrogen) atoms. The lowest BCUT2D eigenvalue weighted by molar-refractivity contribution is -0.387. The first kappa shape index (κ1) is 21.4. The zero-order valence-electron chi connectivity index (χ0n) is 14.3. The van der Waals surface area contributed by atoms with E-state index in [9.17, 15) is 23.3 Å². The summed E-state index contributed by atoms with van der Waals surface area (Å²) in [6.07, 6.45) is -0.0315. The summed E-state index contributed by atoms with van der Waals surface area (Å²) in [5, 5.41) is 11.8. The van der Waals surface area contributed by atoms with E-state index in [1.165, 1.54) is 12.1 Å². The Labute approximate surface area is 155 Å². The van der Waals surface area contributed by atoms with Crippen LogP contribution in [0.25, 0.3) is 0 Å². The number of para-hydroxylation sites is 1. The van der Waals surface area contributed by atoms with Gasteiger partial charge in [0, 0.05) is 17.9 Å². The second-order valence-corrected chi connectivity index (χ2v) is 8.80. The van der Waals surface area contributed by atoms with Crippen LogP contribution in [0.1, 0.15) is 33.6 Å². The van der Waals surface area contributed by atoms with E-state index in [0.717, 1.165) is 12.1 Å². The molecule has 0 aliphatic carbocycles. The Hall–Kier alpha value is -1.68. The van der Waals surface area contributed by atoms with E-state index in [-0.39, 0.29) is 6.54 Å². The van der Waals surface area contributed by atoms with Crippen molar-refractivity contribution in [2.45, 2.75) is 44.1 Å². The monoisotopic (exact) mass is 436 g/mol. The predicted molar refractivity (Wildman–Crippen MR) is 96.3 cm³/mol. The molecule has 10 heteroatoms. The summed E-state index contributed by atoms with van der Waals surface area (Å²) >= 11 is 3.24. The number of amides is 1. The van der Waals surface area contributed by atoms with Crippen LogP contribution >= 0.6 is 15.9 Å². The van der Waals surface area contributed by atoms with E-state index in [4.69, 9.17) is 4.74 Å². The van der Waals surface area contributed by atoms with Crippen LogP contribution in [-0.2, 0) is 14.8 Å². The standard InChI is InChI=1S/C15H21BrN2O6S/c1-15(2,3)24-14(19)17(11-7-6-10-16)25(22,23)13-9-5-4-8-12(13)18(20)21/h4-5,8-9H,6-7,10-11H2,1-3H3. The number of hydrogen-bond acceptors (Lipinski definition) is 6. The number of ether oxygens (including phenoxy) is 1. The number of nitro benzene ring substituents is 1. The predicted octanol–water partition coefficient (Wildman–Crippen LogP) is 3.70. The van der Waals surface area contributed by atoms with Crippen molar-refractivity contribution in [3.05, 3.63) is 34.4 Å². The summed E-state index contributed by atoms with van der Waals surface area (Å²) in [5.74, 6) is 0. The van der Waals surface area contributed by atoms with Crippen LogP contribution < -0.4 is 0 Å². The molecule has 0 saturated carbocycles. The van der Waals surface area contributed by atoms with Crippen molar-refractivity contribution >= 4 is 37.7 Å². The van der Waals surface area contributed by atoms with Crippen LogP contribution in [0.3, 0.4) is 0 Å². The Morgan fingerprint density at radius 1 is 1.28 bits per heavy atom. The van der Waals surface area contributed by atoms with Crippen LogP contribution in [0.15, 0.2) is 29.2 Å². The van der Waals surface area contributed by atoms with Crippen molar-refractivity contribution in [3.63, 3.8) is 0 Å². The molecule has 0 spiro atoms. The quantitative estimate of drug-likeness (QED) is 0.279. The highest BCUT2D eigenvalue weighted by molar-refractivity contribution is 9.09. The van der Waals surface area contributed by atoms with E-state index < -0.39 is 37.2 Å². The molecular formula is C15H21BrN2O6S. The number of unbranched alkanes of at least 4 members (excludes halogenated alkanes) is 1. The van der Waals surface area contributed by atoms with Crippen molar-refractivity contribution in [1.29, 1.82) is 0 Å². The summed E-state index contributed by atoms with van der Waals surface area (Å²) in [6.45, 7) is 4.70. The average Bonchev–Trinajstić information content (AvgIpc) is 2.49. The lowest BCUT2D eigenvalue weighted by Gasteiger charge is -2.26. The number of sulfonamides is 1. The van der Waals surface area contributed by atoms with E-state index in [2.05, 4.69) is 15.9 Å². The maximum atomic E-state index is 12.9. The number of carbonyl (C=O) groups excluding carboxylic acids is 1. The summed E-state index contributed by atoms with van der Waals surface area (Å²) in [5.41, 5.74) is -1.49. The van der Waals surface area contributed by atoms with Gasteiger partial charge in [0.25, 0.3) is 15.7 Å². The smallest absolute Gasteiger partial charge is 0.424 e. The van der Waals surface area contributed by atoms with Gasteiger partial charge >= 0.3 is 6.09 Å². The molecule has 0 atom stereocenters. The van der Waals surface area contributed by atoms with E-state index in [0.29, 0.717) is 22.5 Å². The largest absolute Gasteiger partial charge is 0.443 e. The van der Waals surface area contributed by atoms with E-state index in [1.807, 2.05) is 0 Å². The van der Waals surface area contributed by atoms with Gasteiger partial charge in [0.05, 0.1) is 4.92 Å². The second-order valence-electron chi connectivity index (χ2n) is 6.18. The number of halogens is 1. The maximum absolute atomic E-state index is 12.9. The Bertz CT molecular complexity index is 730. The molecule has 0 aliphatic rings. The first-order valence-electron chi connectivity index (χ1n) is 7.56. The summed E-state index contributed by atoms with van der Waals surface area (Å²) in [4.78, 5) is 22.2. The maximum Gasteiger partial charge on any atom is 0.424 e. The number of rotatable bonds is 7. The molecule has 0 bridgehead atoms. The third-order valence-electron chi connectivity index (χ3n) is 2.97. The van der Waals surface area contributed by atoms with Gasteiger partial charge in [-0.3, -0.25) is 10.1 Å². The summed E-state index contributed by atoms with van der Waals surface area (Å²) in [6, 6.07) is 4.92. The van der Waals surface area contributed by atoms with Gasteiger partial charge in [0.2, 0.25) is 0 Å². The fraction of sp³-hybridized carbons (Fsp3) is 0.533. The van der Waals surface area contributed by atoms with Crippen molar-refractivity contribution < 1.29 is 22.9 Å². The van der Waals surface area contributed by atoms with Crippen LogP contribution in [0.2, 0.25) is 0 Å². The normalized spacial score (nSPS) is 11.8. The van der Waals surface area contributed by atoms with Gasteiger partial charge in [0.1, 0.15) is 5.60 Å². The molecule has 1 amide bonds. The molecule has 1 rings (SSSR count). The second kappa shape index (κ2) is 8.61. The number of carbonyl (C=O) groups is 1. The van der Waals surface area contributed by atoms with Crippen LogP contribution in [0, 0.1) is 10.1 Å². The highest BCUT2D eigenvalue weighted by atomic mass is 79.9. The van der Waals surface area contributed by atoms with Crippen molar-refractivity contribution in [3.8, 4) is 0 Å². The van der Waals surface area contributed by atoms with E-state index >= 15 is 0 Å². The number of hydrogen-bond donors (Lipinski definition) is 0. The van der Waals surface area contributed by atoms with Gasteiger partial charge in [-0.05, 0) is 39.7 Å². The molecular weight excluding hydrogens is 416 g/mol. The Morgan fingerprint density at radius 2 is 1.88 bits per heavy atom. The zero-order valence-corrected chi connectivity index (χ0v) is 16.7. The lowest BCUT2D eigenvalue weighted by Crippen LogP contribution is -2.41. The molecule has 0 fully saturated rings. The average molecular weight is 437 g/mol. The molecule has 1 aromatic rings. The van der Waals surface area contributed by atoms with Crippen molar-refractivity contribution in [2.75, 3.05) is 11.9 Å². The number of benzene rings is 1. The first-order chi connectivity index (χ1) is 11.5. The van der Waals surface area contributed by atoms with Crippen molar-refractivity contribution in [2.24, 2.45) is 0 Å². The number of alkyl halides is 1. The molecule has 0 saturated heterocycles. The Kier molecular flexibility index (Phi) is 7.36. The minimum atomic E-state index is -4.43.